The van der Waals surface area contributed by atoms with Gasteiger partial charge >= 0.3 is 0 Å². The van der Waals surface area contributed by atoms with Crippen LogP contribution in [0, 0.1) is 0 Å². The molecule has 0 saturated heterocycles. The van der Waals surface area contributed by atoms with E-state index in [1.165, 1.54) is 0 Å². The Balaban J connectivity index is 0.000000755. The van der Waals surface area contributed by atoms with Crippen LogP contribution in [0.15, 0.2) is 49.1 Å². The quantitative estimate of drug-likeness (QED) is 0.484. The lowest BCUT2D eigenvalue weighted by Gasteiger charge is -2.09. The first kappa shape index (κ1) is 20.0. The summed E-state index contributed by atoms with van der Waals surface area (Å²) in [4.78, 5) is 33.6. The van der Waals surface area contributed by atoms with Crippen LogP contribution in [0.4, 0.5) is 0 Å². The molecule has 0 aliphatic heterocycles. The van der Waals surface area contributed by atoms with Crippen molar-refractivity contribution in [2.24, 2.45) is 0 Å². The van der Waals surface area contributed by atoms with Crippen molar-refractivity contribution in [3.8, 4) is 0 Å². The van der Waals surface area contributed by atoms with Crippen molar-refractivity contribution in [2.45, 2.75) is 32.9 Å². The molecule has 1 amide bonds. The summed E-state index contributed by atoms with van der Waals surface area (Å²) in [6.45, 7) is 2.89. The first-order chi connectivity index (χ1) is 14.2. The van der Waals surface area contributed by atoms with Crippen LogP contribution in [-0.4, -0.2) is 41.4 Å². The zero-order valence-corrected chi connectivity index (χ0v) is 16.0. The molecule has 0 fully saturated rings. The Hall–Kier alpha value is -3.75. The number of nitrogens with zero attached hydrogens (tertiary/aromatic N) is 5. The summed E-state index contributed by atoms with van der Waals surface area (Å²) in [7, 11) is 0. The molecule has 0 radical (unpaired) electrons. The number of rotatable bonds is 6. The molecule has 3 heterocycles. The van der Waals surface area contributed by atoms with Crippen LogP contribution in [-0.2, 0) is 29.1 Å². The Morgan fingerprint density at radius 3 is 2.86 bits per heavy atom. The monoisotopic (exact) mass is 394 g/mol. The molecule has 1 aromatic carbocycles. The minimum Gasteiger partial charge on any atom is -0.483 e. The van der Waals surface area contributed by atoms with Gasteiger partial charge in [-0.2, -0.15) is 0 Å². The molecule has 2 N–H and O–H groups in total. The number of aryl methyl sites for hydroxylation is 2. The van der Waals surface area contributed by atoms with E-state index in [0.717, 1.165) is 34.6 Å². The van der Waals surface area contributed by atoms with Crippen molar-refractivity contribution in [1.82, 2.24) is 29.2 Å². The number of nitrogens with one attached hydrogen (secondary N) is 1. The SMILES string of the molecule is CCc1nc2ccccc2n1CCC(=O)NCc1cnc2cnccn12.O=CO. The third kappa shape index (κ3) is 4.57. The van der Waals surface area contributed by atoms with Crippen molar-refractivity contribution in [2.75, 3.05) is 0 Å². The fourth-order valence-electron chi connectivity index (χ4n) is 3.16. The molecule has 0 saturated carbocycles. The Morgan fingerprint density at radius 1 is 1.28 bits per heavy atom. The topological polar surface area (TPSA) is 114 Å². The Kier molecular flexibility index (Phi) is 6.51. The fourth-order valence-corrected chi connectivity index (χ4v) is 3.16. The molecule has 4 rings (SSSR count). The van der Waals surface area contributed by atoms with Gasteiger partial charge in [-0.15, -0.1) is 0 Å². The zero-order chi connectivity index (χ0) is 20.6. The van der Waals surface area contributed by atoms with Crippen LogP contribution in [0.3, 0.4) is 0 Å². The minimum absolute atomic E-state index is 0.00819. The summed E-state index contributed by atoms with van der Waals surface area (Å²) in [5.74, 6) is 1.02. The van der Waals surface area contributed by atoms with Gasteiger partial charge in [0.1, 0.15) is 5.82 Å². The van der Waals surface area contributed by atoms with E-state index in [0.29, 0.717) is 19.5 Å². The van der Waals surface area contributed by atoms with Gasteiger partial charge in [0.05, 0.1) is 35.7 Å². The van der Waals surface area contributed by atoms with Crippen LogP contribution in [0.2, 0.25) is 0 Å². The second-order valence-corrected chi connectivity index (χ2v) is 6.21. The van der Waals surface area contributed by atoms with E-state index < -0.39 is 0 Å². The van der Waals surface area contributed by atoms with Gasteiger partial charge in [-0.1, -0.05) is 19.1 Å². The molecule has 3 aromatic heterocycles. The molecule has 0 spiro atoms. The molecule has 29 heavy (non-hydrogen) atoms. The molecule has 0 atom stereocenters. The number of carbonyl (C=O) groups is 2. The maximum Gasteiger partial charge on any atom is 0.290 e. The minimum atomic E-state index is -0.250. The molecular weight excluding hydrogens is 372 g/mol. The lowest BCUT2D eigenvalue weighted by molar-refractivity contribution is -0.123. The standard InChI is InChI=1S/C19H20N6O.CH2O2/c1-2-17-23-15-5-3-4-6-16(15)25(17)9-7-19(26)22-12-14-11-21-18-13-20-8-10-24(14)18;2-1-3/h3-6,8,10-11,13H,2,7,9,12H2,1H3,(H,22,26);1H,(H,2,3). The van der Waals surface area contributed by atoms with Crippen LogP contribution in [0.25, 0.3) is 16.7 Å². The van der Waals surface area contributed by atoms with Crippen LogP contribution < -0.4 is 5.32 Å². The second-order valence-electron chi connectivity index (χ2n) is 6.21. The average Bonchev–Trinajstić information content (AvgIpc) is 3.32. The van der Waals surface area contributed by atoms with Gasteiger partial charge in [0, 0.05) is 31.8 Å². The number of aromatic nitrogens is 5. The number of carbonyl (C=O) groups excluding carboxylic acids is 1. The molecule has 150 valence electrons. The lowest BCUT2D eigenvalue weighted by Crippen LogP contribution is -2.24. The van der Waals surface area contributed by atoms with E-state index in [1.54, 1.807) is 18.6 Å². The van der Waals surface area contributed by atoms with Crippen LogP contribution >= 0.6 is 0 Å². The lowest BCUT2D eigenvalue weighted by atomic mass is 10.3. The number of para-hydroxylation sites is 2. The summed E-state index contributed by atoms with van der Waals surface area (Å²) < 4.78 is 4.06. The molecule has 4 aromatic rings. The third-order valence-corrected chi connectivity index (χ3v) is 4.47. The highest BCUT2D eigenvalue weighted by atomic mass is 16.3. The number of fused-ring (bicyclic) bond motifs is 2. The van der Waals surface area contributed by atoms with E-state index in [-0.39, 0.29) is 12.4 Å². The summed E-state index contributed by atoms with van der Waals surface area (Å²) in [5, 5.41) is 9.86. The summed E-state index contributed by atoms with van der Waals surface area (Å²) >= 11 is 0. The Labute approximate surface area is 167 Å². The second kappa shape index (κ2) is 9.45. The maximum absolute atomic E-state index is 12.3. The third-order valence-electron chi connectivity index (χ3n) is 4.47. The largest absolute Gasteiger partial charge is 0.483 e. The van der Waals surface area contributed by atoms with Crippen molar-refractivity contribution >= 4 is 29.1 Å². The van der Waals surface area contributed by atoms with Gasteiger partial charge in [0.15, 0.2) is 5.65 Å². The number of amides is 1. The Bertz CT molecular complexity index is 1120. The number of hydrogen-bond acceptors (Lipinski definition) is 5. The van der Waals surface area contributed by atoms with Gasteiger partial charge in [-0.3, -0.25) is 19.0 Å². The summed E-state index contributed by atoms with van der Waals surface area (Å²) in [6, 6.07) is 8.04. The normalized spacial score (nSPS) is 10.5. The number of carboxylic acid groups (broad SMARTS) is 1. The highest BCUT2D eigenvalue weighted by molar-refractivity contribution is 5.78. The van der Waals surface area contributed by atoms with E-state index in [2.05, 4.69) is 31.8 Å². The zero-order valence-electron chi connectivity index (χ0n) is 16.0. The molecular formula is C20H22N6O3. The maximum atomic E-state index is 12.3. The first-order valence-electron chi connectivity index (χ1n) is 9.22. The number of imidazole rings is 2. The molecule has 0 aliphatic rings. The molecule has 0 aliphatic carbocycles. The smallest absolute Gasteiger partial charge is 0.290 e. The van der Waals surface area contributed by atoms with E-state index in [4.69, 9.17) is 9.90 Å². The molecule has 9 heteroatoms. The van der Waals surface area contributed by atoms with E-state index in [9.17, 15) is 4.79 Å². The van der Waals surface area contributed by atoms with Crippen LogP contribution in [0.5, 0.6) is 0 Å². The van der Waals surface area contributed by atoms with Gasteiger partial charge in [0.25, 0.3) is 6.47 Å². The highest BCUT2D eigenvalue weighted by Gasteiger charge is 2.11. The van der Waals surface area contributed by atoms with Crippen molar-refractivity contribution in [3.05, 3.63) is 60.6 Å². The summed E-state index contributed by atoms with van der Waals surface area (Å²) in [6.07, 6.45) is 8.25. The molecule has 0 bridgehead atoms. The first-order valence-corrected chi connectivity index (χ1v) is 9.22. The number of benzene rings is 1. The van der Waals surface area contributed by atoms with Crippen molar-refractivity contribution in [1.29, 1.82) is 0 Å². The van der Waals surface area contributed by atoms with Crippen molar-refractivity contribution in [3.63, 3.8) is 0 Å². The molecule has 9 nitrogen and oxygen atoms in total. The highest BCUT2D eigenvalue weighted by Crippen LogP contribution is 2.17. The van der Waals surface area contributed by atoms with Gasteiger partial charge in [-0.05, 0) is 12.1 Å². The summed E-state index contributed by atoms with van der Waals surface area (Å²) in [5.41, 5.74) is 3.75. The van der Waals surface area contributed by atoms with Gasteiger partial charge in [-0.25, -0.2) is 9.97 Å². The fraction of sp³-hybridized carbons (Fsp3) is 0.250. The van der Waals surface area contributed by atoms with Gasteiger partial charge in [0.2, 0.25) is 5.91 Å². The predicted octanol–water partition coefficient (Wildman–Crippen LogP) is 2.05. The van der Waals surface area contributed by atoms with Crippen LogP contribution in [0.1, 0.15) is 24.9 Å². The average molecular weight is 394 g/mol. The van der Waals surface area contributed by atoms with E-state index >= 15 is 0 Å². The van der Waals surface area contributed by atoms with E-state index in [1.807, 2.05) is 34.9 Å². The predicted molar refractivity (Wildman–Crippen MR) is 107 cm³/mol. The van der Waals surface area contributed by atoms with Gasteiger partial charge < -0.3 is 15.0 Å². The van der Waals surface area contributed by atoms with Crippen molar-refractivity contribution < 1.29 is 14.7 Å². The number of hydrogen-bond donors (Lipinski definition) is 2. The molecule has 0 unspecified atom stereocenters. The Morgan fingerprint density at radius 2 is 2.07 bits per heavy atom.